The summed E-state index contributed by atoms with van der Waals surface area (Å²) in [6, 6.07) is 3.34. The molecule has 3 aromatic rings. The van der Waals surface area contributed by atoms with Gasteiger partial charge in [0.15, 0.2) is 0 Å². The lowest BCUT2D eigenvalue weighted by Gasteiger charge is -2.50. The minimum absolute atomic E-state index is 0.124. The molecule has 1 saturated heterocycles. The highest BCUT2D eigenvalue weighted by Gasteiger charge is 2.66. The zero-order valence-electron chi connectivity index (χ0n) is 19.1. The van der Waals surface area contributed by atoms with Gasteiger partial charge < -0.3 is 20.3 Å². The van der Waals surface area contributed by atoms with Crippen LogP contribution in [0.4, 0.5) is 27.9 Å². The van der Waals surface area contributed by atoms with Crippen LogP contribution >= 0.6 is 11.3 Å². The van der Waals surface area contributed by atoms with Gasteiger partial charge in [-0.1, -0.05) is 6.07 Å². The largest absolute Gasteiger partial charge is 0.431 e. The molecule has 2 atom stereocenters. The van der Waals surface area contributed by atoms with Crippen molar-refractivity contribution in [3.8, 4) is 10.6 Å². The number of halogens is 5. The molecular formula is C21H19F5N6O4S. The van der Waals surface area contributed by atoms with Gasteiger partial charge in [0.05, 0.1) is 33.3 Å². The maximum atomic E-state index is 14.6. The number of nitrogens with one attached hydrogen (secondary N) is 1. The van der Waals surface area contributed by atoms with Crippen LogP contribution in [-0.4, -0.2) is 71.7 Å². The molecule has 3 aromatic heterocycles. The molecule has 1 amide bonds. The van der Waals surface area contributed by atoms with Crippen LogP contribution in [-0.2, 0) is 10.9 Å². The number of nitrogens with zero attached hydrogens (tertiary/aromatic N) is 5. The average Bonchev–Trinajstić information content (AvgIpc) is 3.22. The molecule has 1 fully saturated rings. The molecule has 198 valence electrons. The van der Waals surface area contributed by atoms with E-state index >= 15 is 0 Å². The highest BCUT2D eigenvalue weighted by molar-refractivity contribution is 7.15. The molecule has 0 saturated carbocycles. The van der Waals surface area contributed by atoms with E-state index in [2.05, 4.69) is 30.0 Å². The van der Waals surface area contributed by atoms with Crippen molar-refractivity contribution < 1.29 is 41.7 Å². The van der Waals surface area contributed by atoms with E-state index in [1.807, 2.05) is 0 Å². The minimum atomic E-state index is -4.68. The zero-order valence-corrected chi connectivity index (χ0v) is 19.9. The fourth-order valence-corrected chi connectivity index (χ4v) is 4.53. The molecule has 0 aromatic carbocycles. The van der Waals surface area contributed by atoms with Crippen molar-refractivity contribution in [1.82, 2.24) is 24.8 Å². The molecule has 0 radical (unpaired) electrons. The van der Waals surface area contributed by atoms with Gasteiger partial charge in [0.25, 0.3) is 5.91 Å². The molecule has 10 nitrogen and oxygen atoms in total. The number of carbonyl (C=O) groups is 1. The van der Waals surface area contributed by atoms with Gasteiger partial charge in [0, 0.05) is 25.1 Å². The predicted octanol–water partition coefficient (Wildman–Crippen LogP) is 2.90. The lowest BCUT2D eigenvalue weighted by Crippen LogP contribution is -2.74. The van der Waals surface area contributed by atoms with E-state index in [9.17, 15) is 37.0 Å². The topological polar surface area (TPSA) is 134 Å². The van der Waals surface area contributed by atoms with Gasteiger partial charge in [-0.15, -0.1) is 11.3 Å². The number of hydrogen-bond acceptors (Lipinski definition) is 10. The second kappa shape index (κ2) is 9.51. The summed E-state index contributed by atoms with van der Waals surface area (Å²) < 4.78 is 72.0. The predicted molar refractivity (Wildman–Crippen MR) is 118 cm³/mol. The lowest BCUT2D eigenvalue weighted by molar-refractivity contribution is -0.473. The second-order valence-electron chi connectivity index (χ2n) is 8.02. The number of carbonyl (C=O) groups excluding carboxylic acids is 1. The minimum Gasteiger partial charge on any atom is -0.352 e. The summed E-state index contributed by atoms with van der Waals surface area (Å²) in [5.41, 5.74) is -1.16. The van der Waals surface area contributed by atoms with Crippen molar-refractivity contribution in [3.63, 3.8) is 0 Å². The molecule has 4 heterocycles. The highest BCUT2D eigenvalue weighted by atomic mass is 32.1. The van der Waals surface area contributed by atoms with E-state index in [0.29, 0.717) is 23.1 Å². The van der Waals surface area contributed by atoms with E-state index < -0.39 is 48.4 Å². The fourth-order valence-electron chi connectivity index (χ4n) is 3.64. The Morgan fingerprint density at radius 3 is 2.49 bits per heavy atom. The summed E-state index contributed by atoms with van der Waals surface area (Å²) in [6.45, 7) is 2.23. The van der Waals surface area contributed by atoms with Crippen molar-refractivity contribution >= 4 is 23.2 Å². The third-order valence-electron chi connectivity index (χ3n) is 5.44. The Kier molecular flexibility index (Phi) is 6.87. The summed E-state index contributed by atoms with van der Waals surface area (Å²) in [7, 11) is 0. The molecule has 16 heteroatoms. The number of aromatic nitrogens is 4. The Labute approximate surface area is 209 Å². The van der Waals surface area contributed by atoms with Gasteiger partial charge in [0.1, 0.15) is 5.69 Å². The average molecular weight is 546 g/mol. The standard InChI is InChI=1S/C21H19F5N6O4S/c1-10-14(9-30-18-28-7-12(8-29-18)19(22,23)24)32(21(34,35)20(25,26)36-10)17(33)15-16(37-11(2)31-15)13-5-3-4-6-27-13/h3-8,10,14,34-35H,9H2,1-2H3,(H,28,29,30). The third kappa shape index (κ3) is 5.09. The number of anilines is 1. The van der Waals surface area contributed by atoms with Crippen molar-refractivity contribution in [2.24, 2.45) is 0 Å². The van der Waals surface area contributed by atoms with E-state index in [0.717, 1.165) is 18.3 Å². The summed E-state index contributed by atoms with van der Waals surface area (Å²) >= 11 is 1.04. The Morgan fingerprint density at radius 2 is 1.89 bits per heavy atom. The number of aliphatic hydroxyl groups is 2. The van der Waals surface area contributed by atoms with Gasteiger partial charge >= 0.3 is 18.2 Å². The Bertz CT molecular complexity index is 1270. The monoisotopic (exact) mass is 546 g/mol. The van der Waals surface area contributed by atoms with Crippen LogP contribution in [0.3, 0.4) is 0 Å². The van der Waals surface area contributed by atoms with Gasteiger partial charge in [-0.25, -0.2) is 15.0 Å². The molecule has 0 spiro atoms. The maximum absolute atomic E-state index is 14.6. The van der Waals surface area contributed by atoms with Crippen molar-refractivity contribution in [2.45, 2.75) is 44.2 Å². The normalized spacial score (nSPS) is 21.1. The number of pyridine rings is 1. The molecule has 37 heavy (non-hydrogen) atoms. The van der Waals surface area contributed by atoms with E-state index in [1.165, 1.54) is 6.20 Å². The first-order chi connectivity index (χ1) is 17.2. The highest BCUT2D eigenvalue weighted by Crippen LogP contribution is 2.41. The van der Waals surface area contributed by atoms with Crippen LogP contribution in [0, 0.1) is 6.92 Å². The SMILES string of the molecule is Cc1nc(C(=O)N2C(CNc3ncc(C(F)(F)F)cn3)C(C)OC(F)(F)C2(O)O)c(-c2ccccn2)s1. The number of rotatable bonds is 5. The van der Waals surface area contributed by atoms with Crippen LogP contribution < -0.4 is 5.32 Å². The van der Waals surface area contributed by atoms with E-state index in [1.54, 1.807) is 25.1 Å². The molecule has 3 N–H and O–H groups in total. The zero-order chi connectivity index (χ0) is 27.2. The molecular weight excluding hydrogens is 527 g/mol. The van der Waals surface area contributed by atoms with E-state index in [-0.39, 0.29) is 21.4 Å². The van der Waals surface area contributed by atoms with Crippen LogP contribution in [0.15, 0.2) is 36.8 Å². The number of thiazole rings is 1. The first kappa shape index (κ1) is 26.7. The van der Waals surface area contributed by atoms with Crippen molar-refractivity contribution in [2.75, 3.05) is 11.9 Å². The molecule has 4 rings (SSSR count). The summed E-state index contributed by atoms with van der Waals surface area (Å²) in [6.07, 6.45) is -8.29. The Hall–Kier alpha value is -3.34. The van der Waals surface area contributed by atoms with Crippen LogP contribution in [0.5, 0.6) is 0 Å². The number of alkyl halides is 5. The molecule has 1 aliphatic heterocycles. The van der Waals surface area contributed by atoms with Crippen LogP contribution in [0.25, 0.3) is 10.6 Å². The Balaban J connectivity index is 1.69. The van der Waals surface area contributed by atoms with Crippen molar-refractivity contribution in [1.29, 1.82) is 0 Å². The summed E-state index contributed by atoms with van der Waals surface area (Å²) in [5.74, 6) is -5.70. The maximum Gasteiger partial charge on any atom is 0.431 e. The summed E-state index contributed by atoms with van der Waals surface area (Å²) in [5, 5.41) is 23.8. The smallest absolute Gasteiger partial charge is 0.352 e. The number of aryl methyl sites for hydroxylation is 1. The quantitative estimate of drug-likeness (QED) is 0.326. The second-order valence-corrected chi connectivity index (χ2v) is 9.22. The van der Waals surface area contributed by atoms with Gasteiger partial charge in [-0.05, 0) is 26.0 Å². The number of hydrogen-bond donors (Lipinski definition) is 3. The summed E-state index contributed by atoms with van der Waals surface area (Å²) in [4.78, 5) is 29.2. The number of morpholine rings is 1. The van der Waals surface area contributed by atoms with Gasteiger partial charge in [-0.3, -0.25) is 14.7 Å². The van der Waals surface area contributed by atoms with Crippen molar-refractivity contribution in [3.05, 3.63) is 53.1 Å². The van der Waals surface area contributed by atoms with Gasteiger partial charge in [-0.2, -0.15) is 22.0 Å². The van der Waals surface area contributed by atoms with Gasteiger partial charge in [0.2, 0.25) is 5.95 Å². The molecule has 1 aliphatic rings. The number of ether oxygens (including phenoxy) is 1. The molecule has 0 bridgehead atoms. The molecule has 0 aliphatic carbocycles. The Morgan fingerprint density at radius 1 is 1.22 bits per heavy atom. The third-order valence-corrected chi connectivity index (χ3v) is 6.43. The van der Waals surface area contributed by atoms with Crippen LogP contribution in [0.2, 0.25) is 0 Å². The van der Waals surface area contributed by atoms with E-state index in [4.69, 9.17) is 0 Å². The van der Waals surface area contributed by atoms with Crippen LogP contribution in [0.1, 0.15) is 28.0 Å². The first-order valence-corrected chi connectivity index (χ1v) is 11.4. The number of amides is 1. The fraction of sp³-hybridized carbons (Fsp3) is 0.381. The lowest BCUT2D eigenvalue weighted by atomic mass is 10.0. The molecule has 2 unspecified atom stereocenters. The first-order valence-electron chi connectivity index (χ1n) is 10.6.